The number of phosphoric ester groups is 1. The fourth-order valence-corrected chi connectivity index (χ4v) is 7.75. The summed E-state index contributed by atoms with van der Waals surface area (Å²) in [6, 6.07) is -1.26. The number of hydrogen-bond donors (Lipinski definition) is 9. The SMILES string of the molecule is CCCCCC/C=C/CC/C=C/C(O)C(COP(=O)(O)OC1C(O)C(O)C(O)C(O)C1O)NC(=O)CC(O)CCCCCCC/C=C\CCCCCCCCCC. The number of rotatable bonds is 35. The van der Waals surface area contributed by atoms with Crippen LogP contribution in [-0.2, 0) is 18.4 Å². The zero-order chi connectivity index (χ0) is 42.3. The molecule has 0 heterocycles. The van der Waals surface area contributed by atoms with Crippen molar-refractivity contribution in [1.29, 1.82) is 0 Å². The van der Waals surface area contributed by atoms with Gasteiger partial charge in [0, 0.05) is 0 Å². The van der Waals surface area contributed by atoms with Gasteiger partial charge in [0.2, 0.25) is 5.91 Å². The highest BCUT2D eigenvalue weighted by Gasteiger charge is 2.51. The minimum Gasteiger partial charge on any atom is -0.393 e. The van der Waals surface area contributed by atoms with Crippen molar-refractivity contribution in [1.82, 2.24) is 5.32 Å². The van der Waals surface area contributed by atoms with Gasteiger partial charge in [-0.15, -0.1) is 0 Å². The van der Waals surface area contributed by atoms with Crippen LogP contribution in [0.5, 0.6) is 0 Å². The third kappa shape index (κ3) is 25.7. The maximum absolute atomic E-state index is 12.9. The van der Waals surface area contributed by atoms with Gasteiger partial charge in [0.25, 0.3) is 0 Å². The maximum atomic E-state index is 12.9. The molecule has 0 saturated heterocycles. The van der Waals surface area contributed by atoms with Crippen LogP contribution in [0.15, 0.2) is 36.5 Å². The second-order valence-corrected chi connectivity index (χ2v) is 17.1. The molecule has 1 aliphatic carbocycles. The monoisotopic (exact) mass is 834 g/mol. The van der Waals surface area contributed by atoms with Gasteiger partial charge in [0.05, 0.1) is 31.3 Å². The smallest absolute Gasteiger partial charge is 0.393 e. The molecule has 0 radical (unpaired) electrons. The van der Waals surface area contributed by atoms with Crippen LogP contribution in [0, 0.1) is 0 Å². The van der Waals surface area contributed by atoms with Crippen molar-refractivity contribution in [3.05, 3.63) is 36.5 Å². The number of aliphatic hydroxyl groups is 7. The highest BCUT2D eigenvalue weighted by atomic mass is 31.2. The predicted octanol–water partition coefficient (Wildman–Crippen LogP) is 6.58. The summed E-state index contributed by atoms with van der Waals surface area (Å²) < 4.78 is 22.8. The second-order valence-electron chi connectivity index (χ2n) is 15.7. The molecule has 8 atom stereocenters. The summed E-state index contributed by atoms with van der Waals surface area (Å²) in [5.41, 5.74) is 0. The molecule has 0 aromatic heterocycles. The first-order valence-electron chi connectivity index (χ1n) is 22.0. The lowest BCUT2D eigenvalue weighted by atomic mass is 9.85. The minimum atomic E-state index is -5.14. The molecule has 1 amide bonds. The van der Waals surface area contributed by atoms with Crippen LogP contribution in [-0.4, -0.2) is 108 Å². The third-order valence-electron chi connectivity index (χ3n) is 10.4. The minimum absolute atomic E-state index is 0.258. The first-order chi connectivity index (χ1) is 27.3. The number of carbonyl (C=O) groups excluding carboxylic acids is 1. The molecular formula is C43H80NO12P. The van der Waals surface area contributed by atoms with Crippen molar-refractivity contribution >= 4 is 13.7 Å². The van der Waals surface area contributed by atoms with Crippen LogP contribution in [0.4, 0.5) is 0 Å². The first-order valence-corrected chi connectivity index (χ1v) is 23.5. The van der Waals surface area contributed by atoms with Gasteiger partial charge in [-0.25, -0.2) is 4.57 Å². The molecule has 334 valence electrons. The predicted molar refractivity (Wildman–Crippen MR) is 224 cm³/mol. The Morgan fingerprint density at radius 1 is 0.614 bits per heavy atom. The number of allylic oxidation sites excluding steroid dienone is 5. The van der Waals surface area contributed by atoms with Gasteiger partial charge in [-0.2, -0.15) is 0 Å². The maximum Gasteiger partial charge on any atom is 0.472 e. The van der Waals surface area contributed by atoms with E-state index in [1.165, 1.54) is 76.7 Å². The molecule has 13 nitrogen and oxygen atoms in total. The van der Waals surface area contributed by atoms with Crippen molar-refractivity contribution in [3.63, 3.8) is 0 Å². The molecule has 0 aromatic carbocycles. The molecule has 57 heavy (non-hydrogen) atoms. The fraction of sp³-hybridized carbons (Fsp3) is 0.837. The van der Waals surface area contributed by atoms with Gasteiger partial charge < -0.3 is 46.0 Å². The highest BCUT2D eigenvalue weighted by molar-refractivity contribution is 7.47. The van der Waals surface area contributed by atoms with Crippen molar-refractivity contribution < 1.29 is 59.0 Å². The van der Waals surface area contributed by atoms with E-state index in [0.717, 1.165) is 64.2 Å². The quantitative estimate of drug-likeness (QED) is 0.0187. The third-order valence-corrected chi connectivity index (χ3v) is 11.4. The summed E-state index contributed by atoms with van der Waals surface area (Å²) in [6.45, 7) is 3.66. The number of amides is 1. The molecule has 1 aliphatic rings. The first kappa shape index (κ1) is 53.5. The number of aliphatic hydroxyl groups excluding tert-OH is 7. The number of phosphoric acid groups is 1. The number of unbranched alkanes of at least 4 members (excludes halogenated alkanes) is 18. The van der Waals surface area contributed by atoms with Crippen LogP contribution in [0.2, 0.25) is 0 Å². The summed E-state index contributed by atoms with van der Waals surface area (Å²) >= 11 is 0. The van der Waals surface area contributed by atoms with Crippen LogP contribution in [0.1, 0.15) is 168 Å². The van der Waals surface area contributed by atoms with Gasteiger partial charge in [-0.1, -0.05) is 140 Å². The van der Waals surface area contributed by atoms with E-state index >= 15 is 0 Å². The fourth-order valence-electron chi connectivity index (χ4n) is 6.78. The lowest BCUT2D eigenvalue weighted by Gasteiger charge is -2.41. The molecule has 0 aromatic rings. The number of nitrogens with one attached hydrogen (secondary N) is 1. The van der Waals surface area contributed by atoms with E-state index in [-0.39, 0.29) is 6.42 Å². The van der Waals surface area contributed by atoms with Gasteiger partial charge >= 0.3 is 7.82 Å². The standard InChI is InChI=1S/C43H80NO12P/c1-3-5-7-9-11-13-15-16-17-18-19-20-21-22-24-26-28-30-34(45)32-37(47)44-35(36(46)31-29-27-25-23-14-12-10-8-6-4-2)33-55-57(53,54)56-43-41(51)39(49)38(48)40(50)42(43)52/h14,18-19,23,29,31,34-36,38-43,45-46,48-52H,3-13,15-17,20-22,24-28,30,32-33H2,1-2H3,(H,44,47)(H,53,54)/b19-18-,23-14+,31-29+. The summed E-state index contributed by atoms with van der Waals surface area (Å²) in [7, 11) is -5.14. The van der Waals surface area contributed by atoms with E-state index in [9.17, 15) is 50.0 Å². The molecular weight excluding hydrogens is 753 g/mol. The van der Waals surface area contributed by atoms with E-state index in [1.807, 2.05) is 0 Å². The van der Waals surface area contributed by atoms with Gasteiger partial charge in [-0.3, -0.25) is 13.8 Å². The average Bonchev–Trinajstić information content (AvgIpc) is 3.18. The zero-order valence-corrected chi connectivity index (χ0v) is 35.9. The van der Waals surface area contributed by atoms with Gasteiger partial charge in [0.1, 0.15) is 36.6 Å². The van der Waals surface area contributed by atoms with Crippen LogP contribution in [0.3, 0.4) is 0 Å². The molecule has 0 bridgehead atoms. The van der Waals surface area contributed by atoms with Crippen LogP contribution >= 0.6 is 7.82 Å². The van der Waals surface area contributed by atoms with Gasteiger partial charge in [0.15, 0.2) is 0 Å². The molecule has 9 N–H and O–H groups in total. The zero-order valence-electron chi connectivity index (χ0n) is 35.0. The summed E-state index contributed by atoms with van der Waals surface area (Å²) in [5.74, 6) is -0.611. The van der Waals surface area contributed by atoms with Crippen molar-refractivity contribution in [2.45, 2.75) is 223 Å². The Morgan fingerprint density at radius 3 is 1.56 bits per heavy atom. The second kappa shape index (κ2) is 33.3. The van der Waals surface area contributed by atoms with Crippen LogP contribution < -0.4 is 5.32 Å². The van der Waals surface area contributed by atoms with E-state index in [4.69, 9.17) is 9.05 Å². The van der Waals surface area contributed by atoms with Gasteiger partial charge in [-0.05, 0) is 57.8 Å². The normalized spacial score (nSPS) is 24.3. The molecule has 0 spiro atoms. The van der Waals surface area contributed by atoms with Crippen molar-refractivity contribution in [3.8, 4) is 0 Å². The van der Waals surface area contributed by atoms with E-state index in [2.05, 4.69) is 43.5 Å². The van der Waals surface area contributed by atoms with Crippen LogP contribution in [0.25, 0.3) is 0 Å². The Kier molecular flexibility index (Phi) is 31.2. The summed E-state index contributed by atoms with van der Waals surface area (Å²) in [6.07, 6.45) is 22.6. The Bertz CT molecular complexity index is 1120. The molecule has 8 unspecified atom stereocenters. The van der Waals surface area contributed by atoms with E-state index in [0.29, 0.717) is 12.8 Å². The van der Waals surface area contributed by atoms with Crippen molar-refractivity contribution in [2.75, 3.05) is 6.61 Å². The Hall–Kier alpha value is -1.48. The Labute approximate surface area is 343 Å². The molecule has 1 fully saturated rings. The Balaban J connectivity index is 2.55. The van der Waals surface area contributed by atoms with E-state index in [1.54, 1.807) is 6.08 Å². The summed E-state index contributed by atoms with van der Waals surface area (Å²) in [4.78, 5) is 23.3. The molecule has 1 saturated carbocycles. The molecule has 14 heteroatoms. The molecule has 1 rings (SSSR count). The lowest BCUT2D eigenvalue weighted by molar-refractivity contribution is -0.220. The molecule has 0 aliphatic heterocycles. The lowest BCUT2D eigenvalue weighted by Crippen LogP contribution is -2.64. The number of hydrogen-bond acceptors (Lipinski definition) is 11. The Morgan fingerprint density at radius 2 is 1.04 bits per heavy atom. The largest absolute Gasteiger partial charge is 0.472 e. The average molecular weight is 834 g/mol. The number of carbonyl (C=O) groups is 1. The van der Waals surface area contributed by atoms with Crippen molar-refractivity contribution in [2.24, 2.45) is 0 Å². The highest BCUT2D eigenvalue weighted by Crippen LogP contribution is 2.47. The topological polar surface area (TPSA) is 226 Å². The summed E-state index contributed by atoms with van der Waals surface area (Å²) in [5, 5.41) is 74.2. The van der Waals surface area contributed by atoms with E-state index < -0.39 is 75.2 Å².